The van der Waals surface area contributed by atoms with Gasteiger partial charge in [0.15, 0.2) is 18.2 Å². The lowest BCUT2D eigenvalue weighted by molar-refractivity contribution is -0.769. The number of ether oxygens (including phenoxy) is 1. The molecule has 1 atom stereocenters. The van der Waals surface area contributed by atoms with Crippen molar-refractivity contribution >= 4 is 46.3 Å². The summed E-state index contributed by atoms with van der Waals surface area (Å²) in [4.78, 5) is 1.23. The van der Waals surface area contributed by atoms with E-state index in [2.05, 4.69) is 145 Å². The van der Waals surface area contributed by atoms with Crippen molar-refractivity contribution in [1.82, 2.24) is 0 Å². The van der Waals surface area contributed by atoms with Crippen LogP contribution in [0.25, 0.3) is 10.8 Å². The number of hydrogen-bond donors (Lipinski definition) is 0. The molecule has 0 saturated heterocycles. The summed E-state index contributed by atoms with van der Waals surface area (Å²) in [7, 11) is 0. The average molecular weight is 499 g/mol. The van der Waals surface area contributed by atoms with Gasteiger partial charge >= 0.3 is 5.18 Å². The van der Waals surface area contributed by atoms with Gasteiger partial charge in [0.25, 0.3) is 0 Å². The minimum absolute atomic E-state index is 0.913. The highest BCUT2D eigenvalue weighted by molar-refractivity contribution is 8.00. The second kappa shape index (κ2) is 8.46. The Morgan fingerprint density at radius 1 is 0.622 bits per heavy atom. The molecule has 0 saturated carbocycles. The van der Waals surface area contributed by atoms with E-state index in [1.54, 1.807) is 11.8 Å². The van der Waals surface area contributed by atoms with Gasteiger partial charge in [0.05, 0.1) is 28.3 Å². The summed E-state index contributed by atoms with van der Waals surface area (Å²) in [5.41, 5.74) is 6.79. The predicted molar refractivity (Wildman–Crippen MR) is 152 cm³/mol. The molecular weight excluding hydrogens is 472 g/mol. The zero-order valence-electron chi connectivity index (χ0n) is 20.8. The first kappa shape index (κ1) is 22.1. The monoisotopic (exact) mass is 498 g/mol. The molecule has 0 aliphatic carbocycles. The quantitative estimate of drug-likeness (QED) is 0.231. The molecule has 178 valence electrons. The fourth-order valence-corrected chi connectivity index (χ4v) is 6.70. The molecule has 1 spiro atoms. The van der Waals surface area contributed by atoms with Crippen LogP contribution < -0.4 is 4.74 Å². The van der Waals surface area contributed by atoms with Crippen LogP contribution in [0.3, 0.4) is 0 Å². The Labute approximate surface area is 221 Å². The van der Waals surface area contributed by atoms with Crippen LogP contribution in [0, 0.1) is 13.8 Å². The molecule has 0 amide bonds. The van der Waals surface area contributed by atoms with E-state index in [4.69, 9.17) is 4.74 Å². The van der Waals surface area contributed by atoms with Crippen LogP contribution in [0.15, 0.2) is 114 Å². The third-order valence-corrected chi connectivity index (χ3v) is 8.66. The Morgan fingerprint density at radius 2 is 1.30 bits per heavy atom. The summed E-state index contributed by atoms with van der Waals surface area (Å²) < 4.78 is 11.8. The van der Waals surface area contributed by atoms with Crippen LogP contribution in [0.4, 0.5) is 11.4 Å². The van der Waals surface area contributed by atoms with Crippen molar-refractivity contribution in [3.63, 3.8) is 0 Å². The van der Waals surface area contributed by atoms with Gasteiger partial charge in [-0.1, -0.05) is 81.9 Å². The average Bonchev–Trinajstić information content (AvgIpc) is 2.94. The van der Waals surface area contributed by atoms with Crippen LogP contribution in [-0.2, 0) is 0 Å². The number of hydrogen-bond acceptors (Lipinski definition) is 2. The maximum absolute atomic E-state index is 7.24. The van der Waals surface area contributed by atoms with Gasteiger partial charge in [-0.05, 0) is 48.6 Å². The minimum Gasteiger partial charge on any atom is -0.367 e. The number of thioether (sulfide) groups is 1. The number of nitrogens with zero attached hydrogens (tertiary/aromatic N) is 2. The van der Waals surface area contributed by atoms with Gasteiger partial charge < -0.3 is 4.74 Å². The number of aryl methyl sites for hydroxylation is 2. The SMILES string of the molecule is Cc1cccc2c1OC1(Sc3c(C)cccc3C=[N+]1c1ccccc1)[N+](c1cccc3ccccc13)=C2. The number of fused-ring (bicyclic) bond motifs is 3. The molecule has 0 aromatic heterocycles. The van der Waals surface area contributed by atoms with Crippen LogP contribution >= 0.6 is 11.8 Å². The fourth-order valence-electron chi connectivity index (χ4n) is 5.34. The summed E-state index contributed by atoms with van der Waals surface area (Å²) in [6.07, 6.45) is 4.50. The summed E-state index contributed by atoms with van der Waals surface area (Å²) in [5.74, 6) is 0.915. The van der Waals surface area contributed by atoms with E-state index in [1.165, 1.54) is 26.8 Å². The van der Waals surface area contributed by atoms with Gasteiger partial charge in [-0.2, -0.15) is 0 Å². The fraction of sp³-hybridized carbons (Fsp3) is 0.0909. The molecule has 7 rings (SSSR count). The largest absolute Gasteiger partial charge is 0.584 e. The maximum atomic E-state index is 7.24. The smallest absolute Gasteiger partial charge is 0.367 e. The molecule has 0 radical (unpaired) electrons. The van der Waals surface area contributed by atoms with E-state index in [0.717, 1.165) is 28.3 Å². The Morgan fingerprint density at radius 3 is 2.16 bits per heavy atom. The number of benzene rings is 5. The standard InChI is InChI=1S/C33H26N2OS/c1-23-11-8-15-26-21-35(30-20-10-14-25-13-6-7-19-29(25)30)33(36-31(23)26)34(28-17-4-3-5-18-28)22-27-16-9-12-24(2)32(27)37-33/h3-22H,1-2H3/q+2. The normalized spacial score (nSPS) is 18.0. The highest BCUT2D eigenvalue weighted by Crippen LogP contribution is 2.50. The van der Waals surface area contributed by atoms with Crippen molar-refractivity contribution in [2.45, 2.75) is 23.9 Å². The van der Waals surface area contributed by atoms with Gasteiger partial charge in [-0.3, -0.25) is 0 Å². The van der Waals surface area contributed by atoms with E-state index in [-0.39, 0.29) is 0 Å². The van der Waals surface area contributed by atoms with Crippen molar-refractivity contribution in [3.05, 3.63) is 131 Å². The van der Waals surface area contributed by atoms with Crippen LogP contribution in [-0.4, -0.2) is 26.8 Å². The third kappa shape index (κ3) is 3.44. The van der Waals surface area contributed by atoms with Crippen molar-refractivity contribution in [2.75, 3.05) is 0 Å². The Hall–Kier alpha value is -4.15. The lowest BCUT2D eigenvalue weighted by Crippen LogP contribution is -2.55. The molecule has 2 aliphatic rings. The van der Waals surface area contributed by atoms with Crippen LogP contribution in [0.2, 0.25) is 0 Å². The van der Waals surface area contributed by atoms with E-state index in [1.807, 2.05) is 0 Å². The Bertz CT molecular complexity index is 1750. The second-order valence-electron chi connectivity index (χ2n) is 9.57. The summed E-state index contributed by atoms with van der Waals surface area (Å²) in [6, 6.07) is 38.4. The molecule has 2 heterocycles. The van der Waals surface area contributed by atoms with Crippen molar-refractivity contribution < 1.29 is 13.9 Å². The van der Waals surface area contributed by atoms with Gasteiger partial charge in [-0.15, -0.1) is 0 Å². The minimum atomic E-state index is -0.913. The topological polar surface area (TPSA) is 15.2 Å². The van der Waals surface area contributed by atoms with E-state index in [0.29, 0.717) is 0 Å². The van der Waals surface area contributed by atoms with Crippen molar-refractivity contribution in [2.24, 2.45) is 0 Å². The first-order chi connectivity index (χ1) is 18.1. The van der Waals surface area contributed by atoms with Crippen LogP contribution in [0.1, 0.15) is 22.3 Å². The molecule has 0 bridgehead atoms. The van der Waals surface area contributed by atoms with E-state index in [9.17, 15) is 0 Å². The predicted octanol–water partition coefficient (Wildman–Crippen LogP) is 7.79. The maximum Gasteiger partial charge on any atom is 0.584 e. The highest BCUT2D eigenvalue weighted by Gasteiger charge is 2.64. The Kier molecular flexibility index (Phi) is 5.05. The van der Waals surface area contributed by atoms with Crippen molar-refractivity contribution in [3.8, 4) is 5.75 Å². The zero-order valence-corrected chi connectivity index (χ0v) is 21.6. The summed E-state index contributed by atoms with van der Waals surface area (Å²) >= 11 is 1.76. The van der Waals surface area contributed by atoms with Gasteiger partial charge in [0, 0.05) is 23.1 Å². The van der Waals surface area contributed by atoms with Gasteiger partial charge in [0.2, 0.25) is 11.4 Å². The molecule has 2 aliphatic heterocycles. The molecule has 5 aromatic rings. The molecule has 4 heteroatoms. The van der Waals surface area contributed by atoms with Crippen molar-refractivity contribution in [1.29, 1.82) is 0 Å². The lowest BCUT2D eigenvalue weighted by Gasteiger charge is -2.32. The molecule has 1 unspecified atom stereocenters. The first-order valence-corrected chi connectivity index (χ1v) is 13.3. The molecule has 3 nitrogen and oxygen atoms in total. The third-order valence-electron chi connectivity index (χ3n) is 7.16. The lowest BCUT2D eigenvalue weighted by atomic mass is 10.1. The number of rotatable bonds is 2. The zero-order chi connectivity index (χ0) is 25.0. The highest BCUT2D eigenvalue weighted by atomic mass is 32.2. The summed E-state index contributed by atoms with van der Waals surface area (Å²) in [6.45, 7) is 4.30. The number of para-hydroxylation sites is 2. The van der Waals surface area contributed by atoms with Gasteiger partial charge in [0.1, 0.15) is 0 Å². The molecule has 37 heavy (non-hydrogen) atoms. The molecule has 0 fully saturated rings. The van der Waals surface area contributed by atoms with E-state index < -0.39 is 5.18 Å². The molecule has 0 N–H and O–H groups in total. The first-order valence-electron chi connectivity index (χ1n) is 12.5. The summed E-state index contributed by atoms with van der Waals surface area (Å²) in [5, 5.41) is 1.47. The second-order valence-corrected chi connectivity index (χ2v) is 10.7. The molecular formula is C33H26N2OS+2. The Balaban J connectivity index is 1.59. The van der Waals surface area contributed by atoms with E-state index >= 15 is 0 Å². The van der Waals surface area contributed by atoms with Gasteiger partial charge in [-0.25, -0.2) is 0 Å². The molecule has 5 aromatic carbocycles. The van der Waals surface area contributed by atoms with Crippen LogP contribution in [0.5, 0.6) is 5.75 Å².